The molecule has 3 nitrogen and oxygen atoms in total. The highest BCUT2D eigenvalue weighted by Crippen LogP contribution is 2.32. The van der Waals surface area contributed by atoms with Crippen LogP contribution in [0, 0.1) is 11.3 Å². The lowest BCUT2D eigenvalue weighted by Gasteiger charge is -2.22. The van der Waals surface area contributed by atoms with Gasteiger partial charge >= 0.3 is 0 Å². The number of carbonyl (C=O) groups excluding carboxylic acids is 1. The average Bonchev–Trinajstić information content (AvgIpc) is 2.96. The van der Waals surface area contributed by atoms with Crippen molar-refractivity contribution in [2.24, 2.45) is 11.3 Å². The standard InChI is InChI=1S/C11H21NO2/c1-4-11(2,3)10(14)12-7-9(13)8-5-6-8/h8-9,13H,4-7H2,1-3H3,(H,12,14). The molecule has 1 saturated carbocycles. The van der Waals surface area contributed by atoms with Crippen LogP contribution in [0.25, 0.3) is 0 Å². The summed E-state index contributed by atoms with van der Waals surface area (Å²) in [6.07, 6.45) is 2.69. The van der Waals surface area contributed by atoms with Crippen LogP contribution in [0.5, 0.6) is 0 Å². The van der Waals surface area contributed by atoms with Crippen LogP contribution in [0.2, 0.25) is 0 Å². The van der Waals surface area contributed by atoms with Gasteiger partial charge in [-0.1, -0.05) is 20.8 Å². The summed E-state index contributed by atoms with van der Waals surface area (Å²) in [6, 6.07) is 0. The van der Waals surface area contributed by atoms with Gasteiger partial charge in [-0.2, -0.15) is 0 Å². The number of aliphatic hydroxyl groups excluding tert-OH is 1. The highest BCUT2D eigenvalue weighted by atomic mass is 16.3. The van der Waals surface area contributed by atoms with E-state index in [-0.39, 0.29) is 17.4 Å². The third-order valence-corrected chi connectivity index (χ3v) is 3.14. The first-order valence-electron chi connectivity index (χ1n) is 5.43. The second-order valence-electron chi connectivity index (χ2n) is 4.85. The van der Waals surface area contributed by atoms with E-state index in [0.29, 0.717) is 12.5 Å². The maximum Gasteiger partial charge on any atom is 0.225 e. The van der Waals surface area contributed by atoms with E-state index in [0.717, 1.165) is 19.3 Å². The summed E-state index contributed by atoms with van der Waals surface area (Å²) in [5.74, 6) is 0.472. The van der Waals surface area contributed by atoms with Crippen LogP contribution >= 0.6 is 0 Å². The Morgan fingerprint density at radius 3 is 2.57 bits per heavy atom. The Morgan fingerprint density at radius 1 is 1.57 bits per heavy atom. The zero-order valence-corrected chi connectivity index (χ0v) is 9.34. The van der Waals surface area contributed by atoms with Crippen molar-refractivity contribution in [3.8, 4) is 0 Å². The third kappa shape index (κ3) is 2.98. The normalized spacial score (nSPS) is 19.1. The Bertz CT molecular complexity index is 209. The van der Waals surface area contributed by atoms with Crippen molar-refractivity contribution in [2.45, 2.75) is 46.1 Å². The van der Waals surface area contributed by atoms with E-state index in [4.69, 9.17) is 0 Å². The van der Waals surface area contributed by atoms with Crippen LogP contribution < -0.4 is 5.32 Å². The highest BCUT2D eigenvalue weighted by Gasteiger charge is 2.31. The van der Waals surface area contributed by atoms with Crippen molar-refractivity contribution < 1.29 is 9.90 Å². The monoisotopic (exact) mass is 199 g/mol. The Balaban J connectivity index is 2.26. The fourth-order valence-electron chi connectivity index (χ4n) is 1.24. The SMILES string of the molecule is CCC(C)(C)C(=O)NCC(O)C1CC1. The topological polar surface area (TPSA) is 49.3 Å². The van der Waals surface area contributed by atoms with Crippen molar-refractivity contribution in [1.29, 1.82) is 0 Å². The quantitative estimate of drug-likeness (QED) is 0.701. The second kappa shape index (κ2) is 4.30. The van der Waals surface area contributed by atoms with Gasteiger partial charge in [0.15, 0.2) is 0 Å². The molecule has 0 heterocycles. The number of hydrogen-bond donors (Lipinski definition) is 2. The average molecular weight is 199 g/mol. The molecule has 1 rings (SSSR count). The largest absolute Gasteiger partial charge is 0.391 e. The van der Waals surface area contributed by atoms with E-state index in [1.165, 1.54) is 0 Å². The fraction of sp³-hybridized carbons (Fsp3) is 0.909. The molecule has 0 aromatic rings. The molecular weight excluding hydrogens is 178 g/mol. The Morgan fingerprint density at radius 2 is 2.14 bits per heavy atom. The predicted octanol–water partition coefficient (Wildman–Crippen LogP) is 1.31. The zero-order chi connectivity index (χ0) is 10.8. The smallest absolute Gasteiger partial charge is 0.225 e. The van der Waals surface area contributed by atoms with E-state index in [9.17, 15) is 9.90 Å². The van der Waals surface area contributed by atoms with E-state index in [2.05, 4.69) is 5.32 Å². The van der Waals surface area contributed by atoms with Crippen molar-refractivity contribution in [3.05, 3.63) is 0 Å². The van der Waals surface area contributed by atoms with E-state index < -0.39 is 0 Å². The van der Waals surface area contributed by atoms with Gasteiger partial charge in [0.05, 0.1) is 6.10 Å². The van der Waals surface area contributed by atoms with Gasteiger partial charge in [0.1, 0.15) is 0 Å². The van der Waals surface area contributed by atoms with Crippen LogP contribution in [0.4, 0.5) is 0 Å². The Kier molecular flexibility index (Phi) is 3.53. The van der Waals surface area contributed by atoms with Gasteiger partial charge in [-0.3, -0.25) is 4.79 Å². The first-order valence-corrected chi connectivity index (χ1v) is 5.43. The molecule has 14 heavy (non-hydrogen) atoms. The number of carbonyl (C=O) groups is 1. The lowest BCUT2D eigenvalue weighted by molar-refractivity contribution is -0.130. The molecule has 0 spiro atoms. The molecule has 82 valence electrons. The molecule has 1 aliphatic rings. The van der Waals surface area contributed by atoms with E-state index in [1.54, 1.807) is 0 Å². The molecule has 1 aliphatic carbocycles. The molecule has 0 aromatic heterocycles. The zero-order valence-electron chi connectivity index (χ0n) is 9.34. The lowest BCUT2D eigenvalue weighted by Crippen LogP contribution is -2.40. The molecule has 0 saturated heterocycles. The number of aliphatic hydroxyl groups is 1. The van der Waals surface area contributed by atoms with Crippen LogP contribution in [0.1, 0.15) is 40.0 Å². The molecule has 0 bridgehead atoms. The summed E-state index contributed by atoms with van der Waals surface area (Å²) < 4.78 is 0. The van der Waals surface area contributed by atoms with Crippen molar-refractivity contribution in [2.75, 3.05) is 6.54 Å². The summed E-state index contributed by atoms with van der Waals surface area (Å²) in [4.78, 5) is 11.6. The van der Waals surface area contributed by atoms with Gasteiger partial charge < -0.3 is 10.4 Å². The summed E-state index contributed by atoms with van der Waals surface area (Å²) in [5.41, 5.74) is -0.316. The maximum absolute atomic E-state index is 11.6. The van der Waals surface area contributed by atoms with Crippen molar-refractivity contribution in [3.63, 3.8) is 0 Å². The summed E-state index contributed by atoms with van der Waals surface area (Å²) in [5, 5.41) is 12.4. The number of hydrogen-bond acceptors (Lipinski definition) is 2. The van der Waals surface area contributed by atoms with Crippen LogP contribution in [-0.2, 0) is 4.79 Å². The van der Waals surface area contributed by atoms with Gasteiger partial charge in [-0.15, -0.1) is 0 Å². The van der Waals surface area contributed by atoms with Crippen molar-refractivity contribution >= 4 is 5.91 Å². The number of nitrogens with one attached hydrogen (secondary N) is 1. The third-order valence-electron chi connectivity index (χ3n) is 3.14. The molecule has 0 radical (unpaired) electrons. The molecule has 0 aliphatic heterocycles. The summed E-state index contributed by atoms with van der Waals surface area (Å²) >= 11 is 0. The predicted molar refractivity (Wildman–Crippen MR) is 55.8 cm³/mol. The first-order chi connectivity index (χ1) is 6.47. The van der Waals surface area contributed by atoms with Gasteiger partial charge in [-0.25, -0.2) is 0 Å². The maximum atomic E-state index is 11.6. The highest BCUT2D eigenvalue weighted by molar-refractivity contribution is 5.81. The van der Waals surface area contributed by atoms with Crippen LogP contribution in [-0.4, -0.2) is 23.7 Å². The second-order valence-corrected chi connectivity index (χ2v) is 4.85. The summed E-state index contributed by atoms with van der Waals surface area (Å²) in [7, 11) is 0. The minimum absolute atomic E-state index is 0.0414. The Labute approximate surface area is 85.9 Å². The molecule has 1 unspecified atom stereocenters. The minimum Gasteiger partial charge on any atom is -0.391 e. The summed E-state index contributed by atoms with van der Waals surface area (Å²) in [6.45, 7) is 6.25. The van der Waals surface area contributed by atoms with Gasteiger partial charge in [0.25, 0.3) is 0 Å². The molecular formula is C11H21NO2. The number of rotatable bonds is 5. The fourth-order valence-corrected chi connectivity index (χ4v) is 1.24. The molecule has 2 N–H and O–H groups in total. The van der Waals surface area contributed by atoms with Gasteiger partial charge in [0.2, 0.25) is 5.91 Å². The minimum atomic E-state index is -0.341. The number of amides is 1. The van der Waals surface area contributed by atoms with Crippen LogP contribution in [0.15, 0.2) is 0 Å². The van der Waals surface area contributed by atoms with Gasteiger partial charge in [-0.05, 0) is 25.2 Å². The molecule has 3 heteroatoms. The van der Waals surface area contributed by atoms with E-state index >= 15 is 0 Å². The molecule has 0 aromatic carbocycles. The van der Waals surface area contributed by atoms with E-state index in [1.807, 2.05) is 20.8 Å². The Hall–Kier alpha value is -0.570. The molecule has 1 amide bonds. The first kappa shape index (κ1) is 11.5. The molecule has 1 fully saturated rings. The molecule has 1 atom stereocenters. The van der Waals surface area contributed by atoms with Crippen molar-refractivity contribution in [1.82, 2.24) is 5.32 Å². The van der Waals surface area contributed by atoms with Gasteiger partial charge in [0, 0.05) is 12.0 Å². The van der Waals surface area contributed by atoms with Crippen LogP contribution in [0.3, 0.4) is 0 Å². The lowest BCUT2D eigenvalue weighted by atomic mass is 9.89.